The first kappa shape index (κ1) is 11.3. The molecule has 16 heavy (non-hydrogen) atoms. The third kappa shape index (κ3) is 2.67. The number of rotatable bonds is 2. The smallest absolute Gasteiger partial charge is 0.149 e. The summed E-state index contributed by atoms with van der Waals surface area (Å²) in [5.41, 5.74) is 0.868. The number of benzene rings is 1. The minimum absolute atomic E-state index is 0.351. The van der Waals surface area contributed by atoms with Crippen LogP contribution in [0.15, 0.2) is 29.4 Å². The lowest BCUT2D eigenvalue weighted by molar-refractivity contribution is 0.315. The average molecular weight is 239 g/mol. The number of anilines is 1. The van der Waals surface area contributed by atoms with E-state index >= 15 is 0 Å². The van der Waals surface area contributed by atoms with E-state index in [9.17, 15) is 0 Å². The summed E-state index contributed by atoms with van der Waals surface area (Å²) in [7, 11) is 0. The van der Waals surface area contributed by atoms with Gasteiger partial charge in [0.05, 0.1) is 0 Å². The van der Waals surface area contributed by atoms with E-state index in [0.717, 1.165) is 18.5 Å². The standard InChI is InChI=1S/C12H15ClN2O/c13-10-6-3-7-11(8-10)14-12(15-16)9-4-1-2-5-9/h3,6-9,16H,1-2,4-5H2,(H,14,15). The summed E-state index contributed by atoms with van der Waals surface area (Å²) in [6.45, 7) is 0. The molecule has 0 bridgehead atoms. The number of oxime groups is 1. The Bertz CT molecular complexity index is 386. The summed E-state index contributed by atoms with van der Waals surface area (Å²) in [6, 6.07) is 7.42. The molecule has 1 fully saturated rings. The second kappa shape index (κ2) is 5.21. The third-order valence-electron chi connectivity index (χ3n) is 2.95. The lowest BCUT2D eigenvalue weighted by atomic mass is 10.1. The topological polar surface area (TPSA) is 44.6 Å². The van der Waals surface area contributed by atoms with Gasteiger partial charge >= 0.3 is 0 Å². The number of hydrogen-bond acceptors (Lipinski definition) is 2. The van der Waals surface area contributed by atoms with Crippen LogP contribution in [0.1, 0.15) is 25.7 Å². The molecule has 1 aliphatic rings. The molecule has 0 radical (unpaired) electrons. The Morgan fingerprint density at radius 3 is 2.75 bits per heavy atom. The highest BCUT2D eigenvalue weighted by Gasteiger charge is 2.21. The molecule has 0 heterocycles. The summed E-state index contributed by atoms with van der Waals surface area (Å²) in [4.78, 5) is 0. The Balaban J connectivity index is 2.07. The van der Waals surface area contributed by atoms with E-state index in [-0.39, 0.29) is 0 Å². The highest BCUT2D eigenvalue weighted by molar-refractivity contribution is 6.30. The van der Waals surface area contributed by atoms with Gasteiger partial charge in [0.15, 0.2) is 0 Å². The highest BCUT2D eigenvalue weighted by Crippen LogP contribution is 2.27. The van der Waals surface area contributed by atoms with E-state index in [1.807, 2.05) is 24.3 Å². The molecule has 1 aliphatic carbocycles. The minimum Gasteiger partial charge on any atom is -0.409 e. The van der Waals surface area contributed by atoms with E-state index < -0.39 is 0 Å². The Morgan fingerprint density at radius 1 is 1.38 bits per heavy atom. The molecule has 1 aromatic rings. The summed E-state index contributed by atoms with van der Waals surface area (Å²) >= 11 is 5.89. The molecule has 0 saturated heterocycles. The molecular formula is C12H15ClN2O. The number of amidine groups is 1. The molecule has 1 aromatic carbocycles. The van der Waals surface area contributed by atoms with Gasteiger partial charge in [0.2, 0.25) is 0 Å². The Labute approximate surface area is 100 Å². The van der Waals surface area contributed by atoms with Gasteiger partial charge < -0.3 is 10.5 Å². The van der Waals surface area contributed by atoms with E-state index in [4.69, 9.17) is 16.8 Å². The second-order valence-electron chi connectivity index (χ2n) is 4.10. The number of hydrogen-bond donors (Lipinski definition) is 2. The van der Waals surface area contributed by atoms with Crippen LogP contribution in [0.25, 0.3) is 0 Å². The van der Waals surface area contributed by atoms with Crippen molar-refractivity contribution in [1.29, 1.82) is 0 Å². The Morgan fingerprint density at radius 2 is 2.12 bits per heavy atom. The van der Waals surface area contributed by atoms with Crippen LogP contribution in [0.2, 0.25) is 5.02 Å². The van der Waals surface area contributed by atoms with Gasteiger partial charge in [0, 0.05) is 16.6 Å². The first-order valence-electron chi connectivity index (χ1n) is 5.54. The maximum atomic E-state index is 9.01. The number of nitrogens with zero attached hydrogens (tertiary/aromatic N) is 1. The van der Waals surface area contributed by atoms with Crippen molar-refractivity contribution in [2.75, 3.05) is 5.32 Å². The quantitative estimate of drug-likeness (QED) is 0.357. The van der Waals surface area contributed by atoms with Gasteiger partial charge in [-0.3, -0.25) is 0 Å². The molecule has 2 N–H and O–H groups in total. The highest BCUT2D eigenvalue weighted by atomic mass is 35.5. The van der Waals surface area contributed by atoms with Crippen LogP contribution in [0, 0.1) is 5.92 Å². The molecule has 86 valence electrons. The fourth-order valence-corrected chi connectivity index (χ4v) is 2.31. The zero-order chi connectivity index (χ0) is 11.4. The van der Waals surface area contributed by atoms with Crippen LogP contribution >= 0.6 is 11.6 Å². The van der Waals surface area contributed by atoms with Gasteiger partial charge in [-0.15, -0.1) is 0 Å². The number of halogens is 1. The Hall–Kier alpha value is -1.22. The molecule has 0 amide bonds. The van der Waals surface area contributed by atoms with Crippen molar-refractivity contribution in [3.63, 3.8) is 0 Å². The first-order chi connectivity index (χ1) is 7.79. The zero-order valence-corrected chi connectivity index (χ0v) is 9.74. The third-order valence-corrected chi connectivity index (χ3v) is 3.18. The molecule has 0 aromatic heterocycles. The van der Waals surface area contributed by atoms with Crippen LogP contribution < -0.4 is 5.32 Å². The van der Waals surface area contributed by atoms with Crippen LogP contribution in [0.3, 0.4) is 0 Å². The summed E-state index contributed by atoms with van der Waals surface area (Å²) < 4.78 is 0. The summed E-state index contributed by atoms with van der Waals surface area (Å²) in [6.07, 6.45) is 4.60. The molecule has 1 saturated carbocycles. The van der Waals surface area contributed by atoms with Crippen molar-refractivity contribution >= 4 is 23.1 Å². The SMILES string of the molecule is O/N=C(\Nc1cccc(Cl)c1)C1CCCC1. The minimum atomic E-state index is 0.351. The predicted molar refractivity (Wildman–Crippen MR) is 66.3 cm³/mol. The van der Waals surface area contributed by atoms with Gasteiger partial charge in [-0.2, -0.15) is 0 Å². The van der Waals surface area contributed by atoms with Gasteiger partial charge in [0.25, 0.3) is 0 Å². The zero-order valence-electron chi connectivity index (χ0n) is 8.99. The van der Waals surface area contributed by atoms with Crippen molar-refractivity contribution in [2.24, 2.45) is 11.1 Å². The second-order valence-corrected chi connectivity index (χ2v) is 4.54. The number of nitrogens with one attached hydrogen (secondary N) is 1. The fourth-order valence-electron chi connectivity index (χ4n) is 2.12. The van der Waals surface area contributed by atoms with Gasteiger partial charge in [-0.1, -0.05) is 35.7 Å². The van der Waals surface area contributed by atoms with Gasteiger partial charge in [0.1, 0.15) is 5.84 Å². The maximum absolute atomic E-state index is 9.01. The van der Waals surface area contributed by atoms with Crippen LogP contribution in [0.5, 0.6) is 0 Å². The van der Waals surface area contributed by atoms with Crippen molar-refractivity contribution < 1.29 is 5.21 Å². The normalized spacial score (nSPS) is 17.7. The van der Waals surface area contributed by atoms with Crippen LogP contribution in [0.4, 0.5) is 5.69 Å². The molecule has 0 spiro atoms. The van der Waals surface area contributed by atoms with Crippen LogP contribution in [-0.4, -0.2) is 11.0 Å². The largest absolute Gasteiger partial charge is 0.409 e. The first-order valence-corrected chi connectivity index (χ1v) is 5.92. The van der Waals surface area contributed by atoms with Crippen LogP contribution in [-0.2, 0) is 0 Å². The molecular weight excluding hydrogens is 224 g/mol. The summed E-state index contributed by atoms with van der Waals surface area (Å²) in [5, 5.41) is 16.2. The van der Waals surface area contributed by atoms with E-state index in [2.05, 4.69) is 10.5 Å². The molecule has 0 aliphatic heterocycles. The van der Waals surface area contributed by atoms with Crippen molar-refractivity contribution in [3.05, 3.63) is 29.3 Å². The molecule has 0 unspecified atom stereocenters. The van der Waals surface area contributed by atoms with E-state index in [1.165, 1.54) is 12.8 Å². The van der Waals surface area contributed by atoms with Crippen molar-refractivity contribution in [2.45, 2.75) is 25.7 Å². The molecule has 3 nitrogen and oxygen atoms in total. The Kier molecular flexibility index (Phi) is 3.67. The average Bonchev–Trinajstić information content (AvgIpc) is 2.79. The van der Waals surface area contributed by atoms with E-state index in [1.54, 1.807) is 0 Å². The molecule has 4 heteroatoms. The lowest BCUT2D eigenvalue weighted by Crippen LogP contribution is -2.20. The maximum Gasteiger partial charge on any atom is 0.149 e. The predicted octanol–water partition coefficient (Wildman–Crippen LogP) is 3.73. The van der Waals surface area contributed by atoms with Gasteiger partial charge in [-0.25, -0.2) is 0 Å². The molecule has 0 atom stereocenters. The monoisotopic (exact) mass is 238 g/mol. The van der Waals surface area contributed by atoms with E-state index in [0.29, 0.717) is 16.8 Å². The summed E-state index contributed by atoms with van der Waals surface area (Å²) in [5.74, 6) is 1.00. The molecule has 2 rings (SSSR count). The van der Waals surface area contributed by atoms with Gasteiger partial charge in [-0.05, 0) is 31.0 Å². The van der Waals surface area contributed by atoms with Crippen molar-refractivity contribution in [1.82, 2.24) is 0 Å². The van der Waals surface area contributed by atoms with Crippen molar-refractivity contribution in [3.8, 4) is 0 Å². The lowest BCUT2D eigenvalue weighted by Gasteiger charge is -2.13. The fraction of sp³-hybridized carbons (Fsp3) is 0.417.